The minimum absolute atomic E-state index is 0.247. The summed E-state index contributed by atoms with van der Waals surface area (Å²) >= 11 is 0. The molecule has 1 aromatic rings. The van der Waals surface area contributed by atoms with Crippen LogP contribution >= 0.6 is 0 Å². The van der Waals surface area contributed by atoms with Crippen molar-refractivity contribution >= 4 is 11.9 Å². The number of nitrogens with one attached hydrogen (secondary N) is 2. The normalized spacial score (nSPS) is 20.2. The molecular formula is C23H36N4O3. The molecule has 166 valence electrons. The van der Waals surface area contributed by atoms with E-state index >= 15 is 0 Å². The average Bonchev–Trinajstić information content (AvgIpc) is 3.26. The molecule has 0 radical (unpaired) electrons. The van der Waals surface area contributed by atoms with E-state index in [2.05, 4.69) is 15.6 Å². The summed E-state index contributed by atoms with van der Waals surface area (Å²) in [5.41, 5.74) is 1.17. The van der Waals surface area contributed by atoms with Crippen LogP contribution in [-0.4, -0.2) is 63.7 Å². The van der Waals surface area contributed by atoms with Gasteiger partial charge in [0.15, 0.2) is 17.5 Å². The Hall–Kier alpha value is -2.44. The van der Waals surface area contributed by atoms with Crippen molar-refractivity contribution < 1.29 is 14.3 Å². The number of rotatable bonds is 7. The molecule has 1 unspecified atom stereocenters. The number of methoxy groups -OCH3 is 2. The van der Waals surface area contributed by atoms with Gasteiger partial charge in [-0.1, -0.05) is 25.3 Å². The van der Waals surface area contributed by atoms with Crippen molar-refractivity contribution in [2.24, 2.45) is 10.9 Å². The largest absolute Gasteiger partial charge is 0.493 e. The molecule has 1 aromatic carbocycles. The molecule has 1 saturated heterocycles. The van der Waals surface area contributed by atoms with Crippen molar-refractivity contribution in [3.05, 3.63) is 23.8 Å². The lowest BCUT2D eigenvalue weighted by molar-refractivity contribution is -0.135. The van der Waals surface area contributed by atoms with Crippen LogP contribution in [0.5, 0.6) is 11.5 Å². The number of hydrogen-bond acceptors (Lipinski definition) is 4. The summed E-state index contributed by atoms with van der Waals surface area (Å²) in [6, 6.07) is 6.23. The highest BCUT2D eigenvalue weighted by Gasteiger charge is 2.31. The molecule has 1 atom stereocenters. The zero-order valence-electron chi connectivity index (χ0n) is 18.6. The molecule has 2 fully saturated rings. The molecule has 7 nitrogen and oxygen atoms in total. The highest BCUT2D eigenvalue weighted by molar-refractivity contribution is 5.81. The van der Waals surface area contributed by atoms with E-state index in [4.69, 9.17) is 9.47 Å². The Morgan fingerprint density at radius 3 is 2.60 bits per heavy atom. The second-order valence-electron chi connectivity index (χ2n) is 8.19. The summed E-state index contributed by atoms with van der Waals surface area (Å²) in [5.74, 6) is 2.87. The number of aliphatic imine (C=N–C) groups is 1. The Morgan fingerprint density at radius 1 is 1.13 bits per heavy atom. The van der Waals surface area contributed by atoms with Gasteiger partial charge < -0.3 is 25.0 Å². The highest BCUT2D eigenvalue weighted by Crippen LogP contribution is 2.28. The molecule has 0 bridgehead atoms. The Kier molecular flexibility index (Phi) is 8.22. The number of ether oxygens (including phenoxy) is 2. The fourth-order valence-electron chi connectivity index (χ4n) is 4.44. The lowest BCUT2D eigenvalue weighted by Gasteiger charge is -2.26. The maximum absolute atomic E-state index is 12.8. The topological polar surface area (TPSA) is 75.2 Å². The van der Waals surface area contributed by atoms with Gasteiger partial charge in [0.1, 0.15) is 0 Å². The van der Waals surface area contributed by atoms with Crippen LogP contribution in [0.2, 0.25) is 0 Å². The van der Waals surface area contributed by atoms with Crippen molar-refractivity contribution in [3.8, 4) is 11.5 Å². The number of amides is 1. The molecule has 0 spiro atoms. The third-order valence-electron chi connectivity index (χ3n) is 6.17. The van der Waals surface area contributed by atoms with Crippen molar-refractivity contribution in [1.29, 1.82) is 0 Å². The molecular weight excluding hydrogens is 380 g/mol. The summed E-state index contributed by atoms with van der Waals surface area (Å²) in [5, 5.41) is 6.86. The minimum Gasteiger partial charge on any atom is -0.493 e. The molecule has 2 N–H and O–H groups in total. The van der Waals surface area contributed by atoms with E-state index in [1.165, 1.54) is 24.8 Å². The summed E-state index contributed by atoms with van der Waals surface area (Å²) in [6.45, 7) is 2.37. The predicted octanol–water partition coefficient (Wildman–Crippen LogP) is 2.59. The molecule has 1 aliphatic heterocycles. The van der Waals surface area contributed by atoms with E-state index < -0.39 is 0 Å². The van der Waals surface area contributed by atoms with Crippen LogP contribution in [0.3, 0.4) is 0 Å². The number of nitrogens with zero attached hydrogens (tertiary/aromatic N) is 2. The number of benzene rings is 1. The van der Waals surface area contributed by atoms with Gasteiger partial charge in [0.25, 0.3) is 0 Å². The van der Waals surface area contributed by atoms with E-state index in [-0.39, 0.29) is 12.0 Å². The zero-order valence-corrected chi connectivity index (χ0v) is 18.6. The molecule has 3 rings (SSSR count). The molecule has 1 saturated carbocycles. The average molecular weight is 417 g/mol. The Morgan fingerprint density at radius 2 is 1.90 bits per heavy atom. The van der Waals surface area contributed by atoms with Gasteiger partial charge in [0.2, 0.25) is 5.91 Å². The van der Waals surface area contributed by atoms with E-state index in [0.29, 0.717) is 5.91 Å². The van der Waals surface area contributed by atoms with Crippen molar-refractivity contribution in [2.45, 2.75) is 51.0 Å². The highest BCUT2D eigenvalue weighted by atomic mass is 16.5. The van der Waals surface area contributed by atoms with Gasteiger partial charge in [0, 0.05) is 38.6 Å². The summed E-state index contributed by atoms with van der Waals surface area (Å²) in [7, 11) is 5.07. The molecule has 1 aliphatic carbocycles. The first-order chi connectivity index (χ1) is 14.6. The van der Waals surface area contributed by atoms with Gasteiger partial charge in [-0.25, -0.2) is 0 Å². The molecule has 2 aliphatic rings. The lowest BCUT2D eigenvalue weighted by Crippen LogP contribution is -2.46. The Labute approximate surface area is 180 Å². The van der Waals surface area contributed by atoms with Crippen LogP contribution in [0.25, 0.3) is 0 Å². The molecule has 7 heteroatoms. The fourth-order valence-corrected chi connectivity index (χ4v) is 4.44. The molecule has 30 heavy (non-hydrogen) atoms. The van der Waals surface area contributed by atoms with Gasteiger partial charge >= 0.3 is 0 Å². The second kappa shape index (κ2) is 11.1. The Bertz CT molecular complexity index is 731. The van der Waals surface area contributed by atoms with Gasteiger partial charge in [-0.3, -0.25) is 9.79 Å². The van der Waals surface area contributed by atoms with E-state index in [1.807, 2.05) is 23.1 Å². The summed E-state index contributed by atoms with van der Waals surface area (Å²) in [6.07, 6.45) is 7.61. The van der Waals surface area contributed by atoms with Crippen LogP contribution in [0.15, 0.2) is 23.2 Å². The number of carbonyl (C=O) groups is 1. The van der Waals surface area contributed by atoms with Crippen LogP contribution in [0, 0.1) is 5.92 Å². The third kappa shape index (κ3) is 5.80. The van der Waals surface area contributed by atoms with Crippen molar-refractivity contribution in [3.63, 3.8) is 0 Å². The molecule has 1 amide bonds. The first kappa shape index (κ1) is 22.2. The van der Waals surface area contributed by atoms with Crippen molar-refractivity contribution in [2.75, 3.05) is 40.9 Å². The zero-order chi connectivity index (χ0) is 21.3. The number of hydrogen-bond donors (Lipinski definition) is 2. The van der Waals surface area contributed by atoms with Gasteiger partial charge in [-0.2, -0.15) is 0 Å². The summed E-state index contributed by atoms with van der Waals surface area (Å²) in [4.78, 5) is 19.2. The standard InChI is InChI=1S/C23H36N4O3/c1-24-23(25-13-11-17-9-10-20(29-2)21(15-17)30-3)26-19-12-14-27(16-19)22(28)18-7-5-4-6-8-18/h9-10,15,18-19H,4-8,11-14,16H2,1-3H3,(H2,24,25,26). The third-order valence-corrected chi connectivity index (χ3v) is 6.17. The van der Waals surface area contributed by atoms with E-state index in [0.717, 1.165) is 62.8 Å². The molecule has 0 aromatic heterocycles. The lowest BCUT2D eigenvalue weighted by atomic mass is 9.88. The predicted molar refractivity (Wildman–Crippen MR) is 119 cm³/mol. The van der Waals surface area contributed by atoms with Gasteiger partial charge in [-0.15, -0.1) is 0 Å². The number of guanidine groups is 1. The maximum Gasteiger partial charge on any atom is 0.225 e. The molecule has 1 heterocycles. The smallest absolute Gasteiger partial charge is 0.225 e. The van der Waals surface area contributed by atoms with Crippen LogP contribution in [0.4, 0.5) is 0 Å². The monoisotopic (exact) mass is 416 g/mol. The first-order valence-electron chi connectivity index (χ1n) is 11.1. The summed E-state index contributed by atoms with van der Waals surface area (Å²) < 4.78 is 10.7. The van der Waals surface area contributed by atoms with E-state index in [9.17, 15) is 4.79 Å². The minimum atomic E-state index is 0.247. The van der Waals surface area contributed by atoms with E-state index in [1.54, 1.807) is 21.3 Å². The van der Waals surface area contributed by atoms with Crippen molar-refractivity contribution in [1.82, 2.24) is 15.5 Å². The maximum atomic E-state index is 12.8. The number of carbonyl (C=O) groups excluding carboxylic acids is 1. The van der Waals surface area contributed by atoms with Crippen LogP contribution in [0.1, 0.15) is 44.1 Å². The first-order valence-corrected chi connectivity index (χ1v) is 11.1. The van der Waals surface area contributed by atoms with Crippen LogP contribution < -0.4 is 20.1 Å². The van der Waals surface area contributed by atoms with Gasteiger partial charge in [-0.05, 0) is 43.4 Å². The Balaban J connectivity index is 1.43. The number of likely N-dealkylation sites (tertiary alicyclic amines) is 1. The second-order valence-corrected chi connectivity index (χ2v) is 8.19. The van der Waals surface area contributed by atoms with Gasteiger partial charge in [0.05, 0.1) is 14.2 Å². The fraction of sp³-hybridized carbons (Fsp3) is 0.652. The van der Waals surface area contributed by atoms with Crippen LogP contribution in [-0.2, 0) is 11.2 Å². The quantitative estimate of drug-likeness (QED) is 0.528. The SMILES string of the molecule is CN=C(NCCc1ccc(OC)c(OC)c1)NC1CCN(C(=O)C2CCCCC2)C1.